The molecule has 0 amide bonds. The monoisotopic (exact) mass is 276 g/mol. The van der Waals surface area contributed by atoms with E-state index in [4.69, 9.17) is 4.74 Å². The molecular formula is C14H19F3O2. The van der Waals surface area contributed by atoms with E-state index >= 15 is 0 Å². The zero-order chi connectivity index (χ0) is 14.7. The van der Waals surface area contributed by atoms with Crippen molar-refractivity contribution in [3.8, 4) is 0 Å². The fourth-order valence-corrected chi connectivity index (χ4v) is 1.83. The van der Waals surface area contributed by atoms with Crippen molar-refractivity contribution in [2.45, 2.75) is 44.6 Å². The van der Waals surface area contributed by atoms with Crippen molar-refractivity contribution >= 4 is 0 Å². The quantitative estimate of drug-likeness (QED) is 0.893. The van der Waals surface area contributed by atoms with E-state index in [2.05, 4.69) is 0 Å². The fraction of sp³-hybridized carbons (Fsp3) is 0.571. The Labute approximate surface area is 111 Å². The van der Waals surface area contributed by atoms with Gasteiger partial charge in [0.15, 0.2) is 0 Å². The molecule has 0 saturated carbocycles. The van der Waals surface area contributed by atoms with Crippen molar-refractivity contribution in [3.63, 3.8) is 0 Å². The number of benzene rings is 1. The number of aliphatic hydroxyl groups is 1. The molecule has 0 radical (unpaired) electrons. The number of hydrogen-bond donors (Lipinski definition) is 1. The van der Waals surface area contributed by atoms with Crippen LogP contribution in [0.2, 0.25) is 0 Å². The van der Waals surface area contributed by atoms with Crippen LogP contribution in [0.5, 0.6) is 0 Å². The molecule has 0 aliphatic heterocycles. The minimum atomic E-state index is -4.36. The maximum absolute atomic E-state index is 12.6. The van der Waals surface area contributed by atoms with Gasteiger partial charge in [-0.2, -0.15) is 13.2 Å². The Morgan fingerprint density at radius 3 is 2.42 bits per heavy atom. The summed E-state index contributed by atoms with van der Waals surface area (Å²) >= 11 is 0. The van der Waals surface area contributed by atoms with E-state index in [9.17, 15) is 18.3 Å². The van der Waals surface area contributed by atoms with E-state index in [-0.39, 0.29) is 6.42 Å². The third-order valence-electron chi connectivity index (χ3n) is 3.56. The number of alkyl halides is 3. The van der Waals surface area contributed by atoms with Gasteiger partial charge < -0.3 is 9.84 Å². The average molecular weight is 276 g/mol. The molecule has 5 heteroatoms. The first-order valence-corrected chi connectivity index (χ1v) is 6.12. The van der Waals surface area contributed by atoms with Crippen LogP contribution < -0.4 is 0 Å². The normalized spacial score (nSPS) is 17.0. The van der Waals surface area contributed by atoms with Crippen LogP contribution in [0.3, 0.4) is 0 Å². The fourth-order valence-electron chi connectivity index (χ4n) is 1.83. The van der Waals surface area contributed by atoms with Gasteiger partial charge in [-0.25, -0.2) is 0 Å². The van der Waals surface area contributed by atoms with Crippen LogP contribution in [0.15, 0.2) is 24.3 Å². The van der Waals surface area contributed by atoms with Crippen LogP contribution >= 0.6 is 0 Å². The molecule has 19 heavy (non-hydrogen) atoms. The third kappa shape index (κ3) is 3.94. The molecule has 1 aromatic rings. The largest absolute Gasteiger partial charge is 0.416 e. The molecule has 0 bridgehead atoms. The lowest BCUT2D eigenvalue weighted by Gasteiger charge is -2.32. The molecule has 2 atom stereocenters. The molecule has 0 aliphatic carbocycles. The summed E-state index contributed by atoms with van der Waals surface area (Å²) in [5.41, 5.74) is -1.01. The van der Waals surface area contributed by atoms with Gasteiger partial charge in [0.1, 0.15) is 0 Å². The van der Waals surface area contributed by atoms with Gasteiger partial charge in [-0.1, -0.05) is 25.1 Å². The summed E-state index contributed by atoms with van der Waals surface area (Å²) in [6.45, 7) is 3.60. The van der Waals surface area contributed by atoms with Crippen molar-refractivity contribution in [3.05, 3.63) is 35.4 Å². The molecule has 0 spiro atoms. The molecule has 2 nitrogen and oxygen atoms in total. The Morgan fingerprint density at radius 2 is 1.95 bits per heavy atom. The zero-order valence-electron chi connectivity index (χ0n) is 11.3. The molecule has 1 N–H and O–H groups in total. The Balaban J connectivity index is 2.89. The topological polar surface area (TPSA) is 29.5 Å². The first-order chi connectivity index (χ1) is 8.73. The summed E-state index contributed by atoms with van der Waals surface area (Å²) in [5, 5.41) is 10.1. The lowest BCUT2D eigenvalue weighted by Crippen LogP contribution is -2.42. The molecule has 108 valence electrons. The summed E-state index contributed by atoms with van der Waals surface area (Å²) < 4.78 is 43.0. The number of ether oxygens (including phenoxy) is 1. The number of halogens is 3. The summed E-state index contributed by atoms with van der Waals surface area (Å²) in [4.78, 5) is 0. The smallest absolute Gasteiger partial charge is 0.390 e. The first-order valence-electron chi connectivity index (χ1n) is 6.12. The average Bonchev–Trinajstić information content (AvgIpc) is 2.37. The van der Waals surface area contributed by atoms with E-state index in [1.54, 1.807) is 13.0 Å². The van der Waals surface area contributed by atoms with Gasteiger partial charge in [0.2, 0.25) is 0 Å². The van der Waals surface area contributed by atoms with Crippen LogP contribution in [-0.2, 0) is 17.3 Å². The standard InChI is InChI=1S/C14H19F3O2/c1-4-13(2,19-3)12(18)9-10-6-5-7-11(8-10)14(15,16)17/h5-8,12,18H,4,9H2,1-3H3. The van der Waals surface area contributed by atoms with Gasteiger partial charge in [0.05, 0.1) is 17.3 Å². The molecule has 0 aliphatic rings. The predicted octanol–water partition coefficient (Wildman–Crippen LogP) is 3.42. The summed E-state index contributed by atoms with van der Waals surface area (Å²) in [6.07, 6.45) is -4.52. The van der Waals surface area contributed by atoms with E-state index < -0.39 is 23.4 Å². The molecule has 0 saturated heterocycles. The Hall–Kier alpha value is -1.07. The van der Waals surface area contributed by atoms with Crippen LogP contribution in [-0.4, -0.2) is 23.9 Å². The maximum Gasteiger partial charge on any atom is 0.416 e. The maximum atomic E-state index is 12.6. The lowest BCUT2D eigenvalue weighted by molar-refractivity contribution is -0.137. The van der Waals surface area contributed by atoms with E-state index in [0.717, 1.165) is 12.1 Å². The first kappa shape index (κ1) is 16.0. The highest BCUT2D eigenvalue weighted by atomic mass is 19.4. The van der Waals surface area contributed by atoms with Crippen LogP contribution in [0.25, 0.3) is 0 Å². The molecule has 0 aromatic heterocycles. The number of aliphatic hydroxyl groups excluding tert-OH is 1. The van der Waals surface area contributed by atoms with Crippen LogP contribution in [0, 0.1) is 0 Å². The van der Waals surface area contributed by atoms with Crippen molar-refractivity contribution in [1.82, 2.24) is 0 Å². The van der Waals surface area contributed by atoms with Gasteiger partial charge in [-0.05, 0) is 25.0 Å². The second-order valence-electron chi connectivity index (χ2n) is 4.79. The predicted molar refractivity (Wildman–Crippen MR) is 66.9 cm³/mol. The van der Waals surface area contributed by atoms with Gasteiger partial charge in [0, 0.05) is 13.5 Å². The summed E-state index contributed by atoms with van der Waals surface area (Å²) in [6, 6.07) is 5.01. The zero-order valence-corrected chi connectivity index (χ0v) is 11.3. The molecule has 0 heterocycles. The highest BCUT2D eigenvalue weighted by Gasteiger charge is 2.33. The molecule has 1 aromatic carbocycles. The van der Waals surface area contributed by atoms with Gasteiger partial charge in [-0.15, -0.1) is 0 Å². The Kier molecular flexibility index (Phi) is 4.98. The van der Waals surface area contributed by atoms with Gasteiger partial charge in [-0.3, -0.25) is 0 Å². The highest BCUT2D eigenvalue weighted by molar-refractivity contribution is 5.26. The summed E-state index contributed by atoms with van der Waals surface area (Å²) in [7, 11) is 1.48. The second kappa shape index (κ2) is 5.92. The minimum absolute atomic E-state index is 0.127. The molecule has 2 unspecified atom stereocenters. The SMILES string of the molecule is CCC(C)(OC)C(O)Cc1cccc(C(F)(F)F)c1. The summed E-state index contributed by atoms with van der Waals surface area (Å²) in [5.74, 6) is 0. The molecule has 0 fully saturated rings. The molecule has 1 rings (SSSR count). The third-order valence-corrected chi connectivity index (χ3v) is 3.56. The number of methoxy groups -OCH3 is 1. The van der Waals surface area contributed by atoms with Crippen molar-refractivity contribution < 1.29 is 23.0 Å². The van der Waals surface area contributed by atoms with Gasteiger partial charge >= 0.3 is 6.18 Å². The lowest BCUT2D eigenvalue weighted by atomic mass is 9.90. The van der Waals surface area contributed by atoms with Crippen LogP contribution in [0.1, 0.15) is 31.4 Å². The van der Waals surface area contributed by atoms with Crippen molar-refractivity contribution in [2.75, 3.05) is 7.11 Å². The minimum Gasteiger partial charge on any atom is -0.390 e. The number of rotatable bonds is 5. The highest BCUT2D eigenvalue weighted by Crippen LogP contribution is 2.30. The number of hydrogen-bond acceptors (Lipinski definition) is 2. The second-order valence-corrected chi connectivity index (χ2v) is 4.79. The Bertz CT molecular complexity index is 411. The van der Waals surface area contributed by atoms with Crippen LogP contribution in [0.4, 0.5) is 13.2 Å². The van der Waals surface area contributed by atoms with E-state index in [1.165, 1.54) is 13.2 Å². The van der Waals surface area contributed by atoms with Crippen molar-refractivity contribution in [2.24, 2.45) is 0 Å². The van der Waals surface area contributed by atoms with E-state index in [0.29, 0.717) is 12.0 Å². The Morgan fingerprint density at radius 1 is 1.32 bits per heavy atom. The van der Waals surface area contributed by atoms with E-state index in [1.807, 2.05) is 6.92 Å². The van der Waals surface area contributed by atoms with Crippen molar-refractivity contribution in [1.29, 1.82) is 0 Å². The molecular weight excluding hydrogens is 257 g/mol. The van der Waals surface area contributed by atoms with Gasteiger partial charge in [0.25, 0.3) is 0 Å².